The Kier molecular flexibility index (Phi) is 3.98. The van der Waals surface area contributed by atoms with E-state index in [0.29, 0.717) is 10.7 Å². The first kappa shape index (κ1) is 13.8. The van der Waals surface area contributed by atoms with Gasteiger partial charge < -0.3 is 16.0 Å². The summed E-state index contributed by atoms with van der Waals surface area (Å²) in [5.41, 5.74) is 5.49. The highest BCUT2D eigenvalue weighted by Gasteiger charge is 2.21. The van der Waals surface area contributed by atoms with Gasteiger partial charge >= 0.3 is 0 Å². The number of amides is 1. The molecule has 96 valence electrons. The Morgan fingerprint density at radius 3 is 2.59 bits per heavy atom. The first-order chi connectivity index (χ1) is 7.74. The third-order valence-corrected chi connectivity index (χ3v) is 3.32. The van der Waals surface area contributed by atoms with Crippen molar-refractivity contribution in [3.8, 4) is 0 Å². The van der Waals surface area contributed by atoms with Crippen LogP contribution in [0.5, 0.6) is 0 Å². The molecule has 1 amide bonds. The number of rotatable bonds is 3. The minimum absolute atomic E-state index is 0.164. The Bertz CT molecular complexity index is 408. The van der Waals surface area contributed by atoms with Crippen LogP contribution in [-0.2, 0) is 0 Å². The zero-order valence-corrected chi connectivity index (χ0v) is 11.8. The number of hydrogen-bond acceptors (Lipinski definition) is 5. The molecule has 0 fully saturated rings. The molecule has 0 aliphatic carbocycles. The normalized spacial score (nSPS) is 11.4. The van der Waals surface area contributed by atoms with Crippen LogP contribution in [-0.4, -0.2) is 30.0 Å². The van der Waals surface area contributed by atoms with Crippen molar-refractivity contribution in [2.75, 3.05) is 24.2 Å². The minimum atomic E-state index is -0.273. The van der Waals surface area contributed by atoms with Crippen molar-refractivity contribution >= 4 is 28.2 Å². The highest BCUT2D eigenvalue weighted by atomic mass is 32.1. The number of nitrogens with zero attached hydrogens (tertiary/aromatic N) is 2. The number of nitrogen functional groups attached to an aromatic ring is 1. The van der Waals surface area contributed by atoms with Gasteiger partial charge in [0, 0.05) is 19.1 Å². The minimum Gasteiger partial charge on any atom is -0.382 e. The molecule has 0 bridgehead atoms. The van der Waals surface area contributed by atoms with E-state index in [1.807, 2.05) is 39.6 Å². The molecule has 0 aromatic carbocycles. The van der Waals surface area contributed by atoms with Gasteiger partial charge in [-0.1, -0.05) is 11.3 Å². The van der Waals surface area contributed by atoms with Crippen LogP contribution >= 0.6 is 11.3 Å². The zero-order valence-electron chi connectivity index (χ0n) is 11.0. The van der Waals surface area contributed by atoms with Crippen molar-refractivity contribution in [3.05, 3.63) is 4.88 Å². The lowest BCUT2D eigenvalue weighted by Gasteiger charge is -2.19. The predicted molar refractivity (Wildman–Crippen MR) is 72.7 cm³/mol. The van der Waals surface area contributed by atoms with Gasteiger partial charge in [0.2, 0.25) is 0 Å². The summed E-state index contributed by atoms with van der Waals surface area (Å²) in [5, 5.41) is 3.65. The van der Waals surface area contributed by atoms with Crippen molar-refractivity contribution in [2.45, 2.75) is 33.2 Å². The number of hydrogen-bond donors (Lipinski definition) is 2. The summed E-state index contributed by atoms with van der Waals surface area (Å²) in [5.74, 6) is 0.135. The molecule has 1 heterocycles. The molecule has 0 spiro atoms. The van der Waals surface area contributed by atoms with E-state index < -0.39 is 0 Å². The molecule has 0 saturated carbocycles. The van der Waals surface area contributed by atoms with Crippen molar-refractivity contribution in [1.29, 1.82) is 0 Å². The summed E-state index contributed by atoms with van der Waals surface area (Å²) >= 11 is 1.32. The Morgan fingerprint density at radius 1 is 1.53 bits per heavy atom. The molecule has 0 unspecified atom stereocenters. The number of nitrogens with two attached hydrogens (primary N) is 1. The van der Waals surface area contributed by atoms with Crippen molar-refractivity contribution in [1.82, 2.24) is 10.3 Å². The van der Waals surface area contributed by atoms with Gasteiger partial charge in [0.1, 0.15) is 10.7 Å². The fraction of sp³-hybridized carbons (Fsp3) is 0.636. The molecule has 17 heavy (non-hydrogen) atoms. The molecule has 3 N–H and O–H groups in total. The number of carbonyl (C=O) groups is 1. The van der Waals surface area contributed by atoms with Crippen LogP contribution in [0.25, 0.3) is 0 Å². The summed E-state index contributed by atoms with van der Waals surface area (Å²) in [4.78, 5) is 18.6. The van der Waals surface area contributed by atoms with Crippen LogP contribution in [0.1, 0.15) is 37.4 Å². The van der Waals surface area contributed by atoms with Gasteiger partial charge in [0.15, 0.2) is 5.13 Å². The molecular weight excluding hydrogens is 236 g/mol. The van der Waals surface area contributed by atoms with E-state index in [4.69, 9.17) is 5.73 Å². The standard InChI is InChI=1S/C11H20N4OS/c1-6-15(5)10-13-8(12)7(17-10)9(16)14-11(2,3)4/h6,12H2,1-5H3,(H,14,16). The lowest BCUT2D eigenvalue weighted by atomic mass is 10.1. The van der Waals surface area contributed by atoms with E-state index in [1.165, 1.54) is 11.3 Å². The Morgan fingerprint density at radius 2 is 2.12 bits per heavy atom. The Balaban J connectivity index is 2.92. The van der Waals surface area contributed by atoms with Crippen molar-refractivity contribution in [3.63, 3.8) is 0 Å². The van der Waals surface area contributed by atoms with Gasteiger partial charge in [0.25, 0.3) is 5.91 Å². The molecule has 1 rings (SSSR count). The third-order valence-electron chi connectivity index (χ3n) is 2.14. The van der Waals surface area contributed by atoms with Crippen molar-refractivity contribution < 1.29 is 4.79 Å². The maximum absolute atomic E-state index is 12.0. The summed E-state index contributed by atoms with van der Waals surface area (Å²) in [6.07, 6.45) is 0. The molecular formula is C11H20N4OS. The molecule has 0 aliphatic rings. The average Bonchev–Trinajstić information content (AvgIpc) is 2.56. The van der Waals surface area contributed by atoms with Crippen LogP contribution in [0, 0.1) is 0 Å². The smallest absolute Gasteiger partial charge is 0.265 e. The maximum Gasteiger partial charge on any atom is 0.265 e. The van der Waals surface area contributed by atoms with Gasteiger partial charge in [-0.3, -0.25) is 4.79 Å². The van der Waals surface area contributed by atoms with Gasteiger partial charge in [-0.05, 0) is 27.7 Å². The average molecular weight is 256 g/mol. The van der Waals surface area contributed by atoms with Gasteiger partial charge in [-0.15, -0.1) is 0 Å². The first-order valence-corrected chi connectivity index (χ1v) is 6.36. The number of aromatic nitrogens is 1. The largest absolute Gasteiger partial charge is 0.382 e. The zero-order chi connectivity index (χ0) is 13.2. The third kappa shape index (κ3) is 3.59. The topological polar surface area (TPSA) is 71.2 Å². The summed E-state index contributed by atoms with van der Waals surface area (Å²) in [6, 6.07) is 0. The molecule has 0 aliphatic heterocycles. The number of carbonyl (C=O) groups excluding carboxylic acids is 1. The van der Waals surface area contributed by atoms with Crippen molar-refractivity contribution in [2.24, 2.45) is 0 Å². The van der Waals surface area contributed by atoms with E-state index in [2.05, 4.69) is 10.3 Å². The lowest BCUT2D eigenvalue weighted by Crippen LogP contribution is -2.40. The monoisotopic (exact) mass is 256 g/mol. The SMILES string of the molecule is CCN(C)c1nc(N)c(C(=O)NC(C)(C)C)s1. The van der Waals surface area contributed by atoms with E-state index in [9.17, 15) is 4.79 Å². The van der Waals surface area contributed by atoms with E-state index >= 15 is 0 Å². The van der Waals surface area contributed by atoms with E-state index in [1.54, 1.807) is 0 Å². The van der Waals surface area contributed by atoms with Gasteiger partial charge in [-0.2, -0.15) is 0 Å². The highest BCUT2D eigenvalue weighted by Crippen LogP contribution is 2.27. The first-order valence-electron chi connectivity index (χ1n) is 5.54. The van der Waals surface area contributed by atoms with Crippen LogP contribution in [0.3, 0.4) is 0 Å². The molecule has 1 aromatic rings. The highest BCUT2D eigenvalue weighted by molar-refractivity contribution is 7.18. The lowest BCUT2D eigenvalue weighted by molar-refractivity contribution is 0.0924. The second-order valence-corrected chi connectivity index (χ2v) is 5.91. The van der Waals surface area contributed by atoms with Gasteiger partial charge in [0.05, 0.1) is 0 Å². The molecule has 0 saturated heterocycles. The maximum atomic E-state index is 12.0. The van der Waals surface area contributed by atoms with E-state index in [-0.39, 0.29) is 11.4 Å². The number of anilines is 2. The van der Waals surface area contributed by atoms with Crippen LogP contribution in [0.2, 0.25) is 0 Å². The van der Waals surface area contributed by atoms with Crippen LogP contribution < -0.4 is 16.0 Å². The summed E-state index contributed by atoms with van der Waals surface area (Å²) in [6.45, 7) is 8.64. The Hall–Kier alpha value is -1.30. The fourth-order valence-corrected chi connectivity index (χ4v) is 2.08. The second kappa shape index (κ2) is 4.91. The van der Waals surface area contributed by atoms with Crippen LogP contribution in [0.4, 0.5) is 10.9 Å². The Labute approximate surface area is 106 Å². The van der Waals surface area contributed by atoms with Gasteiger partial charge in [-0.25, -0.2) is 4.98 Å². The van der Waals surface area contributed by atoms with E-state index in [0.717, 1.165) is 11.7 Å². The predicted octanol–water partition coefficient (Wildman–Crippen LogP) is 1.71. The van der Waals surface area contributed by atoms with Crippen LogP contribution in [0.15, 0.2) is 0 Å². The number of nitrogens with one attached hydrogen (secondary N) is 1. The molecule has 0 radical (unpaired) electrons. The molecule has 6 heteroatoms. The quantitative estimate of drug-likeness (QED) is 0.863. The summed E-state index contributed by atoms with van der Waals surface area (Å²) in [7, 11) is 1.92. The molecule has 1 aromatic heterocycles. The number of thiazole rings is 1. The summed E-state index contributed by atoms with van der Waals surface area (Å²) < 4.78 is 0. The molecule has 5 nitrogen and oxygen atoms in total. The second-order valence-electron chi connectivity index (χ2n) is 4.93. The fourth-order valence-electron chi connectivity index (χ4n) is 1.18. The molecule has 0 atom stereocenters.